The second kappa shape index (κ2) is 10.7. The van der Waals surface area contributed by atoms with Crippen molar-refractivity contribution in [3.8, 4) is 28.9 Å². The fourth-order valence-corrected chi connectivity index (χ4v) is 3.98. The van der Waals surface area contributed by atoms with Crippen molar-refractivity contribution in [3.63, 3.8) is 0 Å². The molecule has 2 aromatic carbocycles. The number of para-hydroxylation sites is 1. The van der Waals surface area contributed by atoms with Gasteiger partial charge in [-0.15, -0.1) is 0 Å². The first-order valence-corrected chi connectivity index (χ1v) is 11.4. The molecule has 0 saturated carbocycles. The van der Waals surface area contributed by atoms with Gasteiger partial charge in [0.1, 0.15) is 23.6 Å². The van der Waals surface area contributed by atoms with Crippen LogP contribution in [0.4, 0.5) is 0 Å². The van der Waals surface area contributed by atoms with Crippen LogP contribution in [0.3, 0.4) is 0 Å². The minimum Gasteiger partial charge on any atom is -0.467 e. The highest BCUT2D eigenvalue weighted by Crippen LogP contribution is 2.28. The van der Waals surface area contributed by atoms with Crippen LogP contribution in [0, 0.1) is 17.2 Å². The molecule has 4 aromatic rings. The number of rotatable bonds is 7. The number of nitriles is 1. The Bertz CT molecular complexity index is 1520. The molecule has 0 saturated heterocycles. The average molecular weight is 480 g/mol. The third-order valence-electron chi connectivity index (χ3n) is 5.80. The van der Waals surface area contributed by atoms with Crippen LogP contribution in [0.1, 0.15) is 32.1 Å². The van der Waals surface area contributed by atoms with Crippen molar-refractivity contribution in [3.05, 3.63) is 77.1 Å². The summed E-state index contributed by atoms with van der Waals surface area (Å²) >= 11 is 0. The summed E-state index contributed by atoms with van der Waals surface area (Å²) in [7, 11) is 1.49. The van der Waals surface area contributed by atoms with E-state index in [1.165, 1.54) is 7.11 Å². The van der Waals surface area contributed by atoms with E-state index in [1.807, 2.05) is 56.3 Å². The highest BCUT2D eigenvalue weighted by atomic mass is 16.5. The molecule has 0 amide bonds. The molecule has 0 fully saturated rings. The van der Waals surface area contributed by atoms with Crippen molar-refractivity contribution < 1.29 is 4.74 Å². The van der Waals surface area contributed by atoms with Gasteiger partial charge in [0.15, 0.2) is 0 Å². The van der Waals surface area contributed by atoms with Gasteiger partial charge in [0.2, 0.25) is 0 Å². The summed E-state index contributed by atoms with van der Waals surface area (Å²) < 4.78 is 6.62. The van der Waals surface area contributed by atoms with Crippen LogP contribution >= 0.6 is 0 Å². The van der Waals surface area contributed by atoms with E-state index in [2.05, 4.69) is 32.7 Å². The molecule has 180 valence electrons. The largest absolute Gasteiger partial charge is 0.467 e. The molecule has 2 atom stereocenters. The predicted molar refractivity (Wildman–Crippen MR) is 140 cm³/mol. The number of ether oxygens (including phenoxy) is 1. The van der Waals surface area contributed by atoms with E-state index in [4.69, 9.17) is 9.72 Å². The SMILES string of the molecule is C=NC(=NC(C)c1nc2cccc(-c3cnc(OC)nc3)c2c(=O)n1-c1ccccc1)C(C#N)CC. The Morgan fingerprint density at radius 1 is 1.17 bits per heavy atom. The second-order valence-corrected chi connectivity index (χ2v) is 8.02. The first-order chi connectivity index (χ1) is 17.5. The number of methoxy groups -OCH3 is 1. The summed E-state index contributed by atoms with van der Waals surface area (Å²) in [5, 5.41) is 9.92. The van der Waals surface area contributed by atoms with Gasteiger partial charge in [-0.3, -0.25) is 14.4 Å². The van der Waals surface area contributed by atoms with Gasteiger partial charge in [-0.1, -0.05) is 37.3 Å². The molecule has 0 spiro atoms. The van der Waals surface area contributed by atoms with Crippen LogP contribution < -0.4 is 10.3 Å². The van der Waals surface area contributed by atoms with Crippen LogP contribution in [0.2, 0.25) is 0 Å². The average Bonchev–Trinajstić information content (AvgIpc) is 2.93. The number of nitrogens with zero attached hydrogens (tertiary/aromatic N) is 7. The van der Waals surface area contributed by atoms with E-state index in [0.29, 0.717) is 45.8 Å². The van der Waals surface area contributed by atoms with Gasteiger partial charge in [-0.05, 0) is 43.8 Å². The predicted octanol–water partition coefficient (Wildman–Crippen LogP) is 4.56. The zero-order valence-corrected chi connectivity index (χ0v) is 20.3. The molecule has 0 N–H and O–H groups in total. The van der Waals surface area contributed by atoms with E-state index in [-0.39, 0.29) is 11.6 Å². The summed E-state index contributed by atoms with van der Waals surface area (Å²) in [6.07, 6.45) is 3.77. The van der Waals surface area contributed by atoms with Gasteiger partial charge in [0.25, 0.3) is 5.56 Å². The first kappa shape index (κ1) is 24.4. The Balaban J connectivity index is 2.00. The maximum atomic E-state index is 14.1. The van der Waals surface area contributed by atoms with Crippen LogP contribution in [-0.2, 0) is 0 Å². The van der Waals surface area contributed by atoms with Crippen LogP contribution in [0.25, 0.3) is 27.7 Å². The molecular weight excluding hydrogens is 454 g/mol. The Kier molecular flexibility index (Phi) is 7.25. The number of aliphatic imine (C=N–C) groups is 2. The van der Waals surface area contributed by atoms with Crippen molar-refractivity contribution in [2.75, 3.05) is 7.11 Å². The van der Waals surface area contributed by atoms with Crippen LogP contribution in [0.5, 0.6) is 6.01 Å². The molecule has 2 heterocycles. The van der Waals surface area contributed by atoms with Crippen molar-refractivity contribution in [1.29, 1.82) is 5.26 Å². The second-order valence-electron chi connectivity index (χ2n) is 8.02. The normalized spacial score (nSPS) is 13.1. The summed E-state index contributed by atoms with van der Waals surface area (Å²) in [5.74, 6) is 0.255. The van der Waals surface area contributed by atoms with Gasteiger partial charge >= 0.3 is 6.01 Å². The monoisotopic (exact) mass is 479 g/mol. The van der Waals surface area contributed by atoms with Gasteiger partial charge in [-0.25, -0.2) is 19.9 Å². The molecule has 36 heavy (non-hydrogen) atoms. The molecule has 0 radical (unpaired) electrons. The lowest BCUT2D eigenvalue weighted by Crippen LogP contribution is -2.26. The standard InChI is InChI=1S/C27H25N7O2/c1-5-18(14-28)24(29-3)32-17(2)25-33-22-13-9-12-21(19-15-30-27(36-4)31-16-19)23(22)26(35)34(25)20-10-7-6-8-11-20/h6-13,15-18H,3,5H2,1-2,4H3. The van der Waals surface area contributed by atoms with Crippen molar-refractivity contribution in [2.45, 2.75) is 26.3 Å². The van der Waals surface area contributed by atoms with Gasteiger partial charge in [-0.2, -0.15) is 5.26 Å². The molecule has 0 aliphatic heterocycles. The van der Waals surface area contributed by atoms with E-state index in [0.717, 1.165) is 0 Å². The van der Waals surface area contributed by atoms with Gasteiger partial charge in [0.05, 0.1) is 29.8 Å². The van der Waals surface area contributed by atoms with Crippen molar-refractivity contribution >= 4 is 23.5 Å². The Morgan fingerprint density at radius 2 is 1.89 bits per heavy atom. The van der Waals surface area contributed by atoms with E-state index in [9.17, 15) is 10.1 Å². The Labute approximate surface area is 208 Å². The lowest BCUT2D eigenvalue weighted by atomic mass is 10.0. The maximum Gasteiger partial charge on any atom is 0.316 e. The topological polar surface area (TPSA) is 118 Å². The third-order valence-corrected chi connectivity index (χ3v) is 5.80. The smallest absolute Gasteiger partial charge is 0.316 e. The highest BCUT2D eigenvalue weighted by Gasteiger charge is 2.22. The third kappa shape index (κ3) is 4.61. The van der Waals surface area contributed by atoms with Crippen LogP contribution in [-0.4, -0.2) is 39.2 Å². The fraction of sp³-hybridized carbons (Fsp3) is 0.222. The maximum absolute atomic E-state index is 14.1. The summed E-state index contributed by atoms with van der Waals surface area (Å²) in [6, 6.07) is 16.6. The van der Waals surface area contributed by atoms with E-state index >= 15 is 0 Å². The number of fused-ring (bicyclic) bond motifs is 1. The number of hydrogen-bond donors (Lipinski definition) is 0. The molecule has 0 aliphatic carbocycles. The minimum absolute atomic E-state index is 0.238. The summed E-state index contributed by atoms with van der Waals surface area (Å²) in [6.45, 7) is 7.30. The molecule has 4 rings (SSSR count). The molecule has 0 aliphatic rings. The van der Waals surface area contributed by atoms with Gasteiger partial charge < -0.3 is 4.74 Å². The molecule has 2 aromatic heterocycles. The molecule has 2 unspecified atom stereocenters. The van der Waals surface area contributed by atoms with Crippen LogP contribution in [0.15, 0.2) is 75.7 Å². The number of aromatic nitrogens is 4. The number of amidine groups is 1. The number of benzene rings is 2. The van der Waals surface area contributed by atoms with Crippen molar-refractivity contribution in [1.82, 2.24) is 19.5 Å². The Morgan fingerprint density at radius 3 is 2.50 bits per heavy atom. The van der Waals surface area contributed by atoms with Crippen molar-refractivity contribution in [2.24, 2.45) is 15.9 Å². The zero-order valence-electron chi connectivity index (χ0n) is 20.3. The fourth-order valence-electron chi connectivity index (χ4n) is 3.98. The minimum atomic E-state index is -0.571. The molecule has 0 bridgehead atoms. The summed E-state index contributed by atoms with van der Waals surface area (Å²) in [4.78, 5) is 36.0. The van der Waals surface area contributed by atoms with E-state index in [1.54, 1.807) is 23.0 Å². The molecular formula is C27H25N7O2. The Hall–Kier alpha value is -4.71. The first-order valence-electron chi connectivity index (χ1n) is 11.4. The molecule has 9 heteroatoms. The van der Waals surface area contributed by atoms with Gasteiger partial charge in [0, 0.05) is 18.0 Å². The lowest BCUT2D eigenvalue weighted by Gasteiger charge is -2.18. The highest BCUT2D eigenvalue weighted by molar-refractivity contribution is 5.94. The summed E-state index contributed by atoms with van der Waals surface area (Å²) in [5.41, 5.74) is 2.23. The zero-order chi connectivity index (χ0) is 25.7. The lowest BCUT2D eigenvalue weighted by molar-refractivity contribution is 0.380. The van der Waals surface area contributed by atoms with E-state index < -0.39 is 12.0 Å². The number of hydrogen-bond acceptors (Lipinski definition) is 7. The quantitative estimate of drug-likeness (QED) is 0.283. The molecule has 9 nitrogen and oxygen atoms in total.